The normalized spacial score (nSPS) is 18.3. The molecule has 1 aliphatic rings. The molecule has 0 unspecified atom stereocenters. The maximum atomic E-state index is 13.6. The molecule has 0 radical (unpaired) electrons. The van der Waals surface area contributed by atoms with Crippen LogP contribution in [-0.4, -0.2) is 62.8 Å². The topological polar surface area (TPSA) is 121 Å². The van der Waals surface area contributed by atoms with Crippen LogP contribution in [0.4, 0.5) is 5.95 Å². The Morgan fingerprint density at radius 1 is 0.974 bits per heavy atom. The number of aromatic amines is 1. The first kappa shape index (κ1) is 26.4. The molecule has 1 aromatic heterocycles. The molecule has 5 rings (SSSR count). The van der Waals surface area contributed by atoms with E-state index in [1.807, 2.05) is 65.3 Å². The fraction of sp³-hybridized carbons (Fsp3) is 0.323. The number of carbonyl (C=O) groups is 2. The van der Waals surface area contributed by atoms with E-state index in [9.17, 15) is 9.59 Å². The second-order valence-corrected chi connectivity index (χ2v) is 10.5. The number of piperazine rings is 1. The van der Waals surface area contributed by atoms with E-state index in [0.29, 0.717) is 44.7 Å². The Morgan fingerprint density at radius 2 is 1.72 bits per heavy atom. The molecule has 2 amide bonds. The molecule has 1 aliphatic heterocycles. The van der Waals surface area contributed by atoms with Crippen LogP contribution in [0.2, 0.25) is 0 Å². The van der Waals surface area contributed by atoms with Crippen molar-refractivity contribution in [3.63, 3.8) is 0 Å². The van der Waals surface area contributed by atoms with Gasteiger partial charge in [-0.3, -0.25) is 9.59 Å². The van der Waals surface area contributed by atoms with Gasteiger partial charge < -0.3 is 26.3 Å². The van der Waals surface area contributed by atoms with Gasteiger partial charge in [-0.15, -0.1) is 0 Å². The molecule has 5 N–H and O–H groups in total. The van der Waals surface area contributed by atoms with Crippen molar-refractivity contribution in [2.24, 2.45) is 5.73 Å². The second-order valence-electron chi connectivity index (χ2n) is 10.5. The SMILES string of the molecule is C[C@@H]1CN(C(=O)[C@H](N)Cc2ccccc2)[C@@H](CCc2cnc(N)[nH]2)CN1C(=O)Cc1ccc2ccccc2c1. The number of hydrogen-bond donors (Lipinski definition) is 3. The molecule has 3 aromatic carbocycles. The minimum Gasteiger partial charge on any atom is -0.369 e. The number of benzene rings is 3. The fourth-order valence-corrected chi connectivity index (χ4v) is 5.52. The van der Waals surface area contributed by atoms with Crippen LogP contribution >= 0.6 is 0 Å². The molecule has 2 heterocycles. The van der Waals surface area contributed by atoms with Crippen molar-refractivity contribution in [2.45, 2.75) is 50.7 Å². The maximum absolute atomic E-state index is 13.6. The number of anilines is 1. The van der Waals surface area contributed by atoms with E-state index in [1.165, 1.54) is 0 Å². The van der Waals surface area contributed by atoms with Crippen molar-refractivity contribution in [3.8, 4) is 0 Å². The Balaban J connectivity index is 1.31. The van der Waals surface area contributed by atoms with Gasteiger partial charge in [-0.05, 0) is 48.1 Å². The van der Waals surface area contributed by atoms with Crippen molar-refractivity contribution in [2.75, 3.05) is 18.8 Å². The highest BCUT2D eigenvalue weighted by Gasteiger charge is 2.37. The number of amides is 2. The number of nitrogens with one attached hydrogen (secondary N) is 1. The smallest absolute Gasteiger partial charge is 0.240 e. The summed E-state index contributed by atoms with van der Waals surface area (Å²) in [5.74, 6) is 0.350. The van der Waals surface area contributed by atoms with E-state index < -0.39 is 6.04 Å². The predicted octanol–water partition coefficient (Wildman–Crippen LogP) is 3.32. The lowest BCUT2D eigenvalue weighted by Crippen LogP contribution is -2.63. The number of nitrogen functional groups attached to an aromatic ring is 1. The fourth-order valence-electron chi connectivity index (χ4n) is 5.52. The van der Waals surface area contributed by atoms with Crippen LogP contribution in [0.1, 0.15) is 30.2 Å². The number of fused-ring (bicyclic) bond motifs is 1. The van der Waals surface area contributed by atoms with Crippen LogP contribution in [0, 0.1) is 0 Å². The number of imidazole rings is 1. The molecule has 1 fully saturated rings. The van der Waals surface area contributed by atoms with Gasteiger partial charge in [0.1, 0.15) is 0 Å². The molecule has 1 saturated heterocycles. The molecule has 0 saturated carbocycles. The summed E-state index contributed by atoms with van der Waals surface area (Å²) in [6.45, 7) is 2.91. The highest BCUT2D eigenvalue weighted by molar-refractivity contribution is 5.86. The summed E-state index contributed by atoms with van der Waals surface area (Å²) in [5, 5.41) is 2.27. The van der Waals surface area contributed by atoms with Gasteiger partial charge >= 0.3 is 0 Å². The first-order valence-corrected chi connectivity index (χ1v) is 13.5. The quantitative estimate of drug-likeness (QED) is 0.327. The minimum atomic E-state index is -0.648. The molecular weight excluding hydrogens is 488 g/mol. The molecule has 202 valence electrons. The number of hydrogen-bond acceptors (Lipinski definition) is 5. The van der Waals surface area contributed by atoms with E-state index in [4.69, 9.17) is 11.5 Å². The number of nitrogens with two attached hydrogens (primary N) is 2. The third kappa shape index (κ3) is 6.29. The van der Waals surface area contributed by atoms with E-state index >= 15 is 0 Å². The summed E-state index contributed by atoms with van der Waals surface area (Å²) in [6, 6.07) is 23.2. The summed E-state index contributed by atoms with van der Waals surface area (Å²) in [7, 11) is 0. The van der Waals surface area contributed by atoms with Crippen molar-refractivity contribution in [3.05, 3.63) is 95.8 Å². The van der Waals surface area contributed by atoms with Crippen LogP contribution in [0.15, 0.2) is 79.0 Å². The van der Waals surface area contributed by atoms with Gasteiger partial charge in [0.25, 0.3) is 0 Å². The van der Waals surface area contributed by atoms with E-state index in [-0.39, 0.29) is 23.9 Å². The average molecular weight is 525 g/mol. The zero-order valence-electron chi connectivity index (χ0n) is 22.3. The summed E-state index contributed by atoms with van der Waals surface area (Å²) in [4.78, 5) is 38.1. The molecule has 0 bridgehead atoms. The van der Waals surface area contributed by atoms with E-state index in [1.54, 1.807) is 6.20 Å². The molecule has 8 nitrogen and oxygen atoms in total. The zero-order chi connectivity index (χ0) is 27.4. The largest absolute Gasteiger partial charge is 0.369 e. The Kier molecular flexibility index (Phi) is 7.93. The zero-order valence-corrected chi connectivity index (χ0v) is 22.3. The Hall–Kier alpha value is -4.17. The highest BCUT2D eigenvalue weighted by atomic mass is 16.2. The summed E-state index contributed by atoms with van der Waals surface area (Å²) in [6.07, 6.45) is 3.84. The minimum absolute atomic E-state index is 0.0641. The number of aryl methyl sites for hydroxylation is 1. The number of nitrogens with zero attached hydrogens (tertiary/aromatic N) is 3. The van der Waals surface area contributed by atoms with Gasteiger partial charge in [-0.2, -0.15) is 0 Å². The number of rotatable bonds is 8. The molecule has 4 aromatic rings. The van der Waals surface area contributed by atoms with Gasteiger partial charge in [-0.1, -0.05) is 72.8 Å². The summed E-state index contributed by atoms with van der Waals surface area (Å²) < 4.78 is 0. The Bertz CT molecular complexity index is 1440. The van der Waals surface area contributed by atoms with Crippen LogP contribution < -0.4 is 11.5 Å². The van der Waals surface area contributed by atoms with E-state index in [2.05, 4.69) is 34.2 Å². The number of aromatic nitrogens is 2. The lowest BCUT2D eigenvalue weighted by molar-refractivity contribution is -0.147. The van der Waals surface area contributed by atoms with Crippen molar-refractivity contribution in [1.29, 1.82) is 0 Å². The van der Waals surface area contributed by atoms with Crippen molar-refractivity contribution in [1.82, 2.24) is 19.8 Å². The van der Waals surface area contributed by atoms with Crippen LogP contribution in [-0.2, 0) is 28.9 Å². The van der Waals surface area contributed by atoms with Gasteiger partial charge in [0.2, 0.25) is 11.8 Å². The number of H-pyrrole nitrogens is 1. The molecule has 0 aliphatic carbocycles. The van der Waals surface area contributed by atoms with E-state index in [0.717, 1.165) is 27.6 Å². The second kappa shape index (κ2) is 11.7. The summed E-state index contributed by atoms with van der Waals surface area (Å²) in [5.41, 5.74) is 15.1. The molecule has 8 heteroatoms. The Labute approximate surface area is 229 Å². The first-order valence-electron chi connectivity index (χ1n) is 13.5. The van der Waals surface area contributed by atoms with Crippen molar-refractivity contribution < 1.29 is 9.59 Å². The van der Waals surface area contributed by atoms with Crippen LogP contribution in [0.3, 0.4) is 0 Å². The van der Waals surface area contributed by atoms with Crippen LogP contribution in [0.25, 0.3) is 10.8 Å². The molecule has 3 atom stereocenters. The van der Waals surface area contributed by atoms with Gasteiger partial charge in [-0.25, -0.2) is 4.98 Å². The lowest BCUT2D eigenvalue weighted by Gasteiger charge is -2.46. The van der Waals surface area contributed by atoms with Crippen LogP contribution in [0.5, 0.6) is 0 Å². The van der Waals surface area contributed by atoms with Gasteiger partial charge in [0.15, 0.2) is 5.95 Å². The van der Waals surface area contributed by atoms with Crippen molar-refractivity contribution >= 4 is 28.5 Å². The monoisotopic (exact) mass is 524 g/mol. The first-order chi connectivity index (χ1) is 18.9. The molecule has 0 spiro atoms. The Morgan fingerprint density at radius 3 is 2.46 bits per heavy atom. The third-order valence-corrected chi connectivity index (χ3v) is 7.62. The summed E-state index contributed by atoms with van der Waals surface area (Å²) >= 11 is 0. The maximum Gasteiger partial charge on any atom is 0.240 e. The molecule has 39 heavy (non-hydrogen) atoms. The average Bonchev–Trinajstić information content (AvgIpc) is 3.37. The third-order valence-electron chi connectivity index (χ3n) is 7.62. The highest BCUT2D eigenvalue weighted by Crippen LogP contribution is 2.23. The standard InChI is InChI=1S/C31H36N6O2/c1-21-19-37(30(39)28(32)16-22-7-3-2-4-8-22)27(14-13-26-18-34-31(33)35-26)20-36(21)29(38)17-23-11-12-24-9-5-6-10-25(24)15-23/h2-12,15,18,21,27-28H,13-14,16-17,19-20,32H2,1H3,(H3,33,34,35)/t21-,27+,28-/m1/s1. The van der Waals surface area contributed by atoms with Gasteiger partial charge in [0.05, 0.1) is 18.7 Å². The van der Waals surface area contributed by atoms with Gasteiger partial charge in [0, 0.05) is 30.9 Å². The molecular formula is C31H36N6O2. The predicted molar refractivity (Wildman–Crippen MR) is 154 cm³/mol. The number of carbonyl (C=O) groups excluding carboxylic acids is 2. The lowest BCUT2D eigenvalue weighted by atomic mass is 9.98.